The Balaban J connectivity index is 1.56. The van der Waals surface area contributed by atoms with E-state index in [9.17, 15) is 4.79 Å². The lowest BCUT2D eigenvalue weighted by Gasteiger charge is -2.05. The van der Waals surface area contributed by atoms with Crippen LogP contribution in [0.4, 0.5) is 5.69 Å². The third-order valence-electron chi connectivity index (χ3n) is 3.84. The summed E-state index contributed by atoms with van der Waals surface area (Å²) in [6.07, 6.45) is 3.14. The average Bonchev–Trinajstić information content (AvgIpc) is 3.20. The van der Waals surface area contributed by atoms with E-state index in [-0.39, 0.29) is 5.91 Å². The zero-order valence-electron chi connectivity index (χ0n) is 14.0. The van der Waals surface area contributed by atoms with Gasteiger partial charge in [0.25, 0.3) is 11.8 Å². The van der Waals surface area contributed by atoms with Crippen LogP contribution in [-0.4, -0.2) is 21.0 Å². The summed E-state index contributed by atoms with van der Waals surface area (Å²) < 4.78 is 5.36. The Kier molecular flexibility index (Phi) is 4.63. The first-order valence-electron chi connectivity index (χ1n) is 8.10. The van der Waals surface area contributed by atoms with E-state index in [1.165, 1.54) is 0 Å². The molecule has 0 aliphatic carbocycles. The Hall–Kier alpha value is -3.51. The Morgan fingerprint density at radius 2 is 1.74 bits per heavy atom. The lowest BCUT2D eigenvalue weighted by Crippen LogP contribution is -2.11. The van der Waals surface area contributed by atoms with Crippen molar-refractivity contribution in [3.63, 3.8) is 0 Å². The first-order valence-corrected chi connectivity index (χ1v) is 8.48. The van der Waals surface area contributed by atoms with Crippen molar-refractivity contribution in [2.45, 2.75) is 0 Å². The third kappa shape index (κ3) is 3.86. The smallest absolute Gasteiger partial charge is 0.258 e. The first-order chi connectivity index (χ1) is 13.2. The summed E-state index contributed by atoms with van der Waals surface area (Å²) >= 11 is 5.90. The van der Waals surface area contributed by atoms with Crippen molar-refractivity contribution in [3.05, 3.63) is 83.6 Å². The van der Waals surface area contributed by atoms with E-state index in [1.54, 1.807) is 48.8 Å². The minimum absolute atomic E-state index is 0.220. The molecule has 27 heavy (non-hydrogen) atoms. The predicted molar refractivity (Wildman–Crippen MR) is 102 cm³/mol. The molecule has 0 radical (unpaired) electrons. The molecule has 0 bridgehead atoms. The van der Waals surface area contributed by atoms with Crippen LogP contribution >= 0.6 is 11.6 Å². The maximum atomic E-state index is 12.3. The van der Waals surface area contributed by atoms with Crippen LogP contribution in [0, 0.1) is 0 Å². The number of carbonyl (C=O) groups excluding carboxylic acids is 1. The van der Waals surface area contributed by atoms with Gasteiger partial charge in [-0.1, -0.05) is 22.8 Å². The minimum atomic E-state index is -0.220. The van der Waals surface area contributed by atoms with Crippen molar-refractivity contribution in [1.29, 1.82) is 0 Å². The molecule has 1 amide bonds. The zero-order valence-corrected chi connectivity index (χ0v) is 14.7. The summed E-state index contributed by atoms with van der Waals surface area (Å²) in [5.74, 6) is 0.606. The van der Waals surface area contributed by atoms with Gasteiger partial charge in [0.1, 0.15) is 0 Å². The molecule has 4 aromatic rings. The molecule has 0 saturated carbocycles. The Morgan fingerprint density at radius 3 is 2.52 bits per heavy atom. The van der Waals surface area contributed by atoms with Crippen molar-refractivity contribution in [2.24, 2.45) is 0 Å². The molecule has 1 N–H and O–H groups in total. The van der Waals surface area contributed by atoms with Crippen LogP contribution in [0.2, 0.25) is 5.02 Å². The maximum absolute atomic E-state index is 12.3. The minimum Gasteiger partial charge on any atom is -0.334 e. The van der Waals surface area contributed by atoms with Gasteiger partial charge < -0.3 is 9.84 Å². The van der Waals surface area contributed by atoms with Gasteiger partial charge in [-0.25, -0.2) is 0 Å². The van der Waals surface area contributed by atoms with Crippen LogP contribution in [0.3, 0.4) is 0 Å². The van der Waals surface area contributed by atoms with E-state index >= 15 is 0 Å². The normalized spacial score (nSPS) is 10.6. The first kappa shape index (κ1) is 16.9. The molecule has 4 rings (SSSR count). The molecule has 0 fully saturated rings. The monoisotopic (exact) mass is 376 g/mol. The molecule has 0 unspecified atom stereocenters. The highest BCUT2D eigenvalue weighted by Crippen LogP contribution is 2.25. The SMILES string of the molecule is O=C(Nc1cccc(-c2nc(-c3ccc(Cl)cc3)no2)c1)c1ccncc1. The number of nitrogens with one attached hydrogen (secondary N) is 1. The van der Waals surface area contributed by atoms with Crippen LogP contribution in [-0.2, 0) is 0 Å². The van der Waals surface area contributed by atoms with E-state index in [2.05, 4.69) is 20.4 Å². The van der Waals surface area contributed by atoms with Gasteiger partial charge in [0.15, 0.2) is 0 Å². The molecule has 0 spiro atoms. The van der Waals surface area contributed by atoms with E-state index in [4.69, 9.17) is 16.1 Å². The number of hydrogen-bond acceptors (Lipinski definition) is 5. The molecule has 2 aromatic heterocycles. The fourth-order valence-corrected chi connectivity index (χ4v) is 2.62. The van der Waals surface area contributed by atoms with Gasteiger partial charge in [-0.15, -0.1) is 0 Å². The number of anilines is 1. The van der Waals surface area contributed by atoms with E-state index in [0.717, 1.165) is 5.56 Å². The van der Waals surface area contributed by atoms with E-state index < -0.39 is 0 Å². The van der Waals surface area contributed by atoms with Crippen LogP contribution in [0.5, 0.6) is 0 Å². The van der Waals surface area contributed by atoms with Gasteiger partial charge >= 0.3 is 0 Å². The number of amides is 1. The van der Waals surface area contributed by atoms with Crippen molar-refractivity contribution in [2.75, 3.05) is 5.32 Å². The Labute approximate surface area is 159 Å². The molecule has 132 valence electrons. The lowest BCUT2D eigenvalue weighted by molar-refractivity contribution is 0.102. The third-order valence-corrected chi connectivity index (χ3v) is 4.09. The maximum Gasteiger partial charge on any atom is 0.258 e. The summed E-state index contributed by atoms with van der Waals surface area (Å²) in [7, 11) is 0. The van der Waals surface area contributed by atoms with E-state index in [1.807, 2.05) is 24.3 Å². The van der Waals surface area contributed by atoms with Gasteiger partial charge in [-0.05, 0) is 54.6 Å². The number of hydrogen-bond donors (Lipinski definition) is 1. The van der Waals surface area contributed by atoms with Crippen LogP contribution in [0.1, 0.15) is 10.4 Å². The van der Waals surface area contributed by atoms with Crippen molar-refractivity contribution < 1.29 is 9.32 Å². The van der Waals surface area contributed by atoms with Crippen LogP contribution in [0.15, 0.2) is 77.6 Å². The molecule has 0 aliphatic rings. The van der Waals surface area contributed by atoms with Gasteiger partial charge in [0.05, 0.1) is 0 Å². The van der Waals surface area contributed by atoms with Gasteiger partial charge in [-0.3, -0.25) is 9.78 Å². The fourth-order valence-electron chi connectivity index (χ4n) is 2.49. The standard InChI is InChI=1S/C20H13ClN4O2/c21-16-6-4-13(5-7-16)18-24-20(27-25-18)15-2-1-3-17(12-15)23-19(26)14-8-10-22-11-9-14/h1-12H,(H,23,26). The van der Waals surface area contributed by atoms with Crippen LogP contribution < -0.4 is 5.32 Å². The number of carbonyl (C=O) groups is 1. The molecule has 0 atom stereocenters. The molecule has 6 nitrogen and oxygen atoms in total. The molecule has 2 aromatic carbocycles. The molecule has 0 aliphatic heterocycles. The fraction of sp³-hybridized carbons (Fsp3) is 0. The van der Waals surface area contributed by atoms with Crippen molar-refractivity contribution >= 4 is 23.2 Å². The Morgan fingerprint density at radius 1 is 0.963 bits per heavy atom. The summed E-state index contributed by atoms with van der Waals surface area (Å²) in [5.41, 5.74) is 2.66. The van der Waals surface area contributed by atoms with Crippen molar-refractivity contribution in [1.82, 2.24) is 15.1 Å². The second kappa shape index (κ2) is 7.39. The van der Waals surface area contributed by atoms with Gasteiger partial charge in [-0.2, -0.15) is 4.98 Å². The number of rotatable bonds is 4. The predicted octanol–water partition coefficient (Wildman–Crippen LogP) is 4.70. The summed E-state index contributed by atoms with van der Waals surface area (Å²) in [4.78, 5) is 20.6. The molecular weight excluding hydrogens is 364 g/mol. The molecule has 2 heterocycles. The molecule has 7 heteroatoms. The molecule has 0 saturated heterocycles. The molecular formula is C20H13ClN4O2. The highest BCUT2D eigenvalue weighted by molar-refractivity contribution is 6.30. The van der Waals surface area contributed by atoms with Crippen molar-refractivity contribution in [3.8, 4) is 22.8 Å². The highest BCUT2D eigenvalue weighted by atomic mass is 35.5. The van der Waals surface area contributed by atoms with Crippen LogP contribution in [0.25, 0.3) is 22.8 Å². The highest BCUT2D eigenvalue weighted by Gasteiger charge is 2.12. The summed E-state index contributed by atoms with van der Waals surface area (Å²) in [6, 6.07) is 17.7. The number of benzene rings is 2. The zero-order chi connectivity index (χ0) is 18.6. The summed E-state index contributed by atoms with van der Waals surface area (Å²) in [6.45, 7) is 0. The second-order valence-electron chi connectivity index (χ2n) is 5.70. The lowest BCUT2D eigenvalue weighted by atomic mass is 10.2. The number of nitrogens with zero attached hydrogens (tertiary/aromatic N) is 3. The second-order valence-corrected chi connectivity index (χ2v) is 6.14. The average molecular weight is 377 g/mol. The topological polar surface area (TPSA) is 80.9 Å². The van der Waals surface area contributed by atoms with Gasteiger partial charge in [0.2, 0.25) is 5.82 Å². The Bertz CT molecular complexity index is 1080. The number of aromatic nitrogens is 3. The summed E-state index contributed by atoms with van der Waals surface area (Å²) in [5, 5.41) is 7.49. The largest absolute Gasteiger partial charge is 0.334 e. The van der Waals surface area contributed by atoms with Gasteiger partial charge in [0, 0.05) is 39.8 Å². The quantitative estimate of drug-likeness (QED) is 0.558. The number of halogens is 1. The van der Waals surface area contributed by atoms with E-state index in [0.29, 0.717) is 33.6 Å². The number of pyridine rings is 1.